The third kappa shape index (κ3) is 2.38. The molecule has 1 aliphatic rings. The molecule has 0 spiro atoms. The van der Waals surface area contributed by atoms with E-state index in [0.717, 1.165) is 0 Å². The molecule has 1 heterocycles. The lowest BCUT2D eigenvalue weighted by Crippen LogP contribution is -2.35. The Labute approximate surface area is 76.9 Å². The van der Waals surface area contributed by atoms with Crippen LogP contribution in [0.4, 0.5) is 0 Å². The summed E-state index contributed by atoms with van der Waals surface area (Å²) in [6.07, 6.45) is -3.84. The Balaban J connectivity index is 2.50. The first kappa shape index (κ1) is 10.9. The molecule has 1 unspecified atom stereocenters. The smallest absolute Gasteiger partial charge is 0.186 e. The van der Waals surface area contributed by atoms with E-state index in [2.05, 4.69) is 0 Å². The molecule has 0 aliphatic carbocycles. The lowest BCUT2D eigenvalue weighted by Gasteiger charge is -2.17. The zero-order chi connectivity index (χ0) is 10.0. The molecule has 1 rings (SSSR count). The molecule has 1 saturated heterocycles. The third-order valence-electron chi connectivity index (χ3n) is 1.90. The van der Waals surface area contributed by atoms with Gasteiger partial charge in [0.25, 0.3) is 0 Å². The van der Waals surface area contributed by atoms with E-state index in [1.807, 2.05) is 0 Å². The van der Waals surface area contributed by atoms with Crippen LogP contribution in [0.5, 0.6) is 0 Å². The zero-order valence-electron chi connectivity index (χ0n) is 7.75. The normalized spacial score (nSPS) is 40.2. The summed E-state index contributed by atoms with van der Waals surface area (Å²) in [5, 5.41) is 27.5. The van der Waals surface area contributed by atoms with E-state index in [1.54, 1.807) is 13.8 Å². The third-order valence-corrected chi connectivity index (χ3v) is 1.90. The van der Waals surface area contributed by atoms with Crippen molar-refractivity contribution in [3.8, 4) is 0 Å². The maximum atomic E-state index is 9.40. The highest BCUT2D eigenvalue weighted by Gasteiger charge is 2.43. The number of hydrogen-bond donors (Lipinski definition) is 3. The second kappa shape index (κ2) is 4.34. The van der Waals surface area contributed by atoms with Crippen LogP contribution >= 0.6 is 0 Å². The van der Waals surface area contributed by atoms with Gasteiger partial charge in [-0.3, -0.25) is 0 Å². The molecular weight excluding hydrogens is 176 g/mol. The van der Waals surface area contributed by atoms with Crippen LogP contribution in [0.3, 0.4) is 0 Å². The molecule has 0 radical (unpaired) electrons. The van der Waals surface area contributed by atoms with Crippen LogP contribution in [-0.2, 0) is 9.47 Å². The van der Waals surface area contributed by atoms with E-state index < -0.39 is 24.6 Å². The van der Waals surface area contributed by atoms with Gasteiger partial charge >= 0.3 is 0 Å². The summed E-state index contributed by atoms with van der Waals surface area (Å²) in [6, 6.07) is 0. The fourth-order valence-corrected chi connectivity index (χ4v) is 1.25. The van der Waals surface area contributed by atoms with Crippen LogP contribution in [0.1, 0.15) is 13.8 Å². The Morgan fingerprint density at radius 2 is 1.92 bits per heavy atom. The lowest BCUT2D eigenvalue weighted by atomic mass is 10.1. The van der Waals surface area contributed by atoms with Gasteiger partial charge in [-0.15, -0.1) is 0 Å². The molecular formula is C8H16O5. The van der Waals surface area contributed by atoms with Gasteiger partial charge in [0.05, 0.1) is 12.7 Å². The Bertz CT molecular complexity index is 161. The van der Waals surface area contributed by atoms with Crippen LogP contribution < -0.4 is 0 Å². The van der Waals surface area contributed by atoms with Crippen LogP contribution in [-0.4, -0.2) is 52.6 Å². The summed E-state index contributed by atoms with van der Waals surface area (Å²) in [5.74, 6) is 0. The van der Waals surface area contributed by atoms with Crippen molar-refractivity contribution in [1.82, 2.24) is 0 Å². The minimum absolute atomic E-state index is 0.0932. The first-order valence-electron chi connectivity index (χ1n) is 4.34. The van der Waals surface area contributed by atoms with Gasteiger partial charge in [-0.05, 0) is 13.8 Å². The highest BCUT2D eigenvalue weighted by atomic mass is 16.7. The van der Waals surface area contributed by atoms with Crippen molar-refractivity contribution < 1.29 is 24.8 Å². The number of rotatable bonds is 3. The molecule has 78 valence electrons. The van der Waals surface area contributed by atoms with Gasteiger partial charge in [0.1, 0.15) is 18.3 Å². The average Bonchev–Trinajstić information content (AvgIpc) is 2.32. The molecule has 0 bridgehead atoms. The molecule has 4 atom stereocenters. The minimum atomic E-state index is -1.08. The zero-order valence-corrected chi connectivity index (χ0v) is 7.75. The molecule has 0 aromatic rings. The van der Waals surface area contributed by atoms with Crippen molar-refractivity contribution >= 4 is 0 Å². The predicted octanol–water partition coefficient (Wildman–Crippen LogP) is -1.15. The Hall–Kier alpha value is -0.200. The van der Waals surface area contributed by atoms with Gasteiger partial charge in [0.15, 0.2) is 6.29 Å². The molecule has 0 aromatic carbocycles. The van der Waals surface area contributed by atoms with E-state index in [-0.39, 0.29) is 12.7 Å². The summed E-state index contributed by atoms with van der Waals surface area (Å²) in [4.78, 5) is 0. The quantitative estimate of drug-likeness (QED) is 0.526. The van der Waals surface area contributed by atoms with Gasteiger partial charge in [-0.1, -0.05) is 0 Å². The first-order chi connectivity index (χ1) is 6.06. The van der Waals surface area contributed by atoms with Gasteiger partial charge in [0, 0.05) is 0 Å². The molecule has 0 aromatic heterocycles. The van der Waals surface area contributed by atoms with E-state index >= 15 is 0 Å². The van der Waals surface area contributed by atoms with E-state index in [4.69, 9.17) is 14.6 Å². The van der Waals surface area contributed by atoms with E-state index in [1.165, 1.54) is 0 Å². The molecule has 0 amide bonds. The first-order valence-corrected chi connectivity index (χ1v) is 4.34. The standard InChI is InChI=1S/C8H16O5/c1-4(2)12-8-7(11)6(10)5(3-9)13-8/h4-11H,3H2,1-2H3/t5-,6-,7-,8?/m1/s1. The fraction of sp³-hybridized carbons (Fsp3) is 1.00. The Morgan fingerprint density at radius 1 is 1.31 bits per heavy atom. The van der Waals surface area contributed by atoms with Crippen molar-refractivity contribution in [2.75, 3.05) is 6.61 Å². The molecule has 5 heteroatoms. The molecule has 1 fully saturated rings. The molecule has 0 saturated carbocycles. The fourth-order valence-electron chi connectivity index (χ4n) is 1.25. The summed E-state index contributed by atoms with van der Waals surface area (Å²) in [7, 11) is 0. The second-order valence-corrected chi connectivity index (χ2v) is 3.39. The van der Waals surface area contributed by atoms with Crippen molar-refractivity contribution in [2.24, 2.45) is 0 Å². The van der Waals surface area contributed by atoms with E-state index in [9.17, 15) is 10.2 Å². The minimum Gasteiger partial charge on any atom is -0.394 e. The van der Waals surface area contributed by atoms with Crippen LogP contribution in [0.2, 0.25) is 0 Å². The van der Waals surface area contributed by atoms with Gasteiger partial charge < -0.3 is 24.8 Å². The Kier molecular flexibility index (Phi) is 3.63. The van der Waals surface area contributed by atoms with E-state index in [0.29, 0.717) is 0 Å². The highest BCUT2D eigenvalue weighted by molar-refractivity contribution is 4.86. The SMILES string of the molecule is CC(C)OC1O[C@H](CO)[C@@H](O)[C@H]1O. The van der Waals surface area contributed by atoms with Gasteiger partial charge in [-0.2, -0.15) is 0 Å². The highest BCUT2D eigenvalue weighted by Crippen LogP contribution is 2.22. The van der Waals surface area contributed by atoms with Crippen molar-refractivity contribution in [2.45, 2.75) is 44.6 Å². The number of aliphatic hydroxyl groups is 3. The maximum Gasteiger partial charge on any atom is 0.186 e. The van der Waals surface area contributed by atoms with Crippen LogP contribution in [0.15, 0.2) is 0 Å². The van der Waals surface area contributed by atoms with Crippen molar-refractivity contribution in [3.05, 3.63) is 0 Å². The molecule has 13 heavy (non-hydrogen) atoms. The van der Waals surface area contributed by atoms with Crippen LogP contribution in [0, 0.1) is 0 Å². The lowest BCUT2D eigenvalue weighted by molar-refractivity contribution is -0.186. The van der Waals surface area contributed by atoms with Gasteiger partial charge in [0.2, 0.25) is 0 Å². The maximum absolute atomic E-state index is 9.40. The summed E-state index contributed by atoms with van der Waals surface area (Å²) < 4.78 is 10.3. The molecule has 3 N–H and O–H groups in total. The van der Waals surface area contributed by atoms with Crippen LogP contribution in [0.25, 0.3) is 0 Å². The topological polar surface area (TPSA) is 79.2 Å². The average molecular weight is 192 g/mol. The Morgan fingerprint density at radius 3 is 2.31 bits per heavy atom. The number of hydrogen-bond acceptors (Lipinski definition) is 5. The summed E-state index contributed by atoms with van der Waals surface area (Å²) in [6.45, 7) is 3.28. The summed E-state index contributed by atoms with van der Waals surface area (Å²) in [5.41, 5.74) is 0. The molecule has 1 aliphatic heterocycles. The van der Waals surface area contributed by atoms with Crippen molar-refractivity contribution in [3.63, 3.8) is 0 Å². The number of aliphatic hydroxyl groups excluding tert-OH is 3. The molecule has 5 nitrogen and oxygen atoms in total. The largest absolute Gasteiger partial charge is 0.394 e. The predicted molar refractivity (Wildman–Crippen MR) is 44.0 cm³/mol. The monoisotopic (exact) mass is 192 g/mol. The summed E-state index contributed by atoms with van der Waals surface area (Å²) >= 11 is 0. The van der Waals surface area contributed by atoms with Gasteiger partial charge in [-0.25, -0.2) is 0 Å². The van der Waals surface area contributed by atoms with Crippen molar-refractivity contribution in [1.29, 1.82) is 0 Å². The second-order valence-electron chi connectivity index (χ2n) is 3.39. The number of ether oxygens (including phenoxy) is 2.